The van der Waals surface area contributed by atoms with Crippen LogP contribution in [0, 0.1) is 13.7 Å². The molecule has 1 aromatic carbocycles. The average Bonchev–Trinajstić information content (AvgIpc) is 2.02. The zero-order valence-electron chi connectivity index (χ0n) is 6.26. The fourth-order valence-electron chi connectivity index (χ4n) is 0.885. The number of nitro benzene ring substituents is 1. The molecule has 0 aromatic heterocycles. The van der Waals surface area contributed by atoms with E-state index in [2.05, 4.69) is 54.5 Å². The van der Waals surface area contributed by atoms with Crippen LogP contribution < -0.4 is 0 Å². The summed E-state index contributed by atoms with van der Waals surface area (Å²) >= 11 is 8.53. The molecule has 0 atom stereocenters. The molecule has 13 heavy (non-hydrogen) atoms. The summed E-state index contributed by atoms with van der Waals surface area (Å²) in [5, 5.41) is 11.1. The number of alkyl halides is 1. The highest BCUT2D eigenvalue weighted by molar-refractivity contribution is 14.1. The average molecular weight is 421 g/mol. The van der Waals surface area contributed by atoms with E-state index in [1.165, 1.54) is 6.07 Å². The van der Waals surface area contributed by atoms with Gasteiger partial charge in [-0.05, 0) is 28.7 Å². The minimum absolute atomic E-state index is 0.149. The molecule has 0 heterocycles. The van der Waals surface area contributed by atoms with Crippen LogP contribution >= 0.6 is 54.5 Å². The summed E-state index contributed by atoms with van der Waals surface area (Å²) in [5.74, 6) is 0. The van der Waals surface area contributed by atoms with Crippen molar-refractivity contribution in [1.82, 2.24) is 0 Å². The van der Waals surface area contributed by atoms with Gasteiger partial charge in [-0.25, -0.2) is 0 Å². The van der Waals surface area contributed by atoms with E-state index in [-0.39, 0.29) is 10.6 Å². The summed E-state index contributed by atoms with van der Waals surface area (Å²) in [4.78, 5) is 10.3. The van der Waals surface area contributed by atoms with Gasteiger partial charge >= 0.3 is 0 Å². The topological polar surface area (TPSA) is 43.1 Å². The fourth-order valence-corrected chi connectivity index (χ4v) is 3.67. The van der Waals surface area contributed by atoms with Crippen molar-refractivity contribution < 1.29 is 4.92 Å². The third-order valence-corrected chi connectivity index (χ3v) is 3.45. The Hall–Kier alpha value is 0.310. The van der Waals surface area contributed by atoms with Crippen LogP contribution in [0.15, 0.2) is 16.6 Å². The molecule has 0 N–H and O–H groups in total. The number of benzene rings is 1. The van der Waals surface area contributed by atoms with Gasteiger partial charge in [0.2, 0.25) is 0 Å². The molecule has 3 nitrogen and oxygen atoms in total. The quantitative estimate of drug-likeness (QED) is 0.315. The zero-order valence-corrected chi connectivity index (χ0v) is 11.6. The molecule has 1 rings (SSSR count). The Morgan fingerprint density at radius 3 is 2.62 bits per heavy atom. The van der Waals surface area contributed by atoms with Gasteiger partial charge in [0, 0.05) is 19.4 Å². The highest BCUT2D eigenvalue weighted by Crippen LogP contribution is 2.30. The highest BCUT2D eigenvalue weighted by Gasteiger charge is 2.16. The largest absolute Gasteiger partial charge is 0.275 e. The van der Waals surface area contributed by atoms with Crippen molar-refractivity contribution in [2.75, 3.05) is 0 Å². The summed E-state index contributed by atoms with van der Waals surface area (Å²) in [6.07, 6.45) is 0. The first-order valence-electron chi connectivity index (χ1n) is 3.24. The molecule has 0 saturated heterocycles. The van der Waals surface area contributed by atoms with Gasteiger partial charge in [0.15, 0.2) is 0 Å². The van der Waals surface area contributed by atoms with Crippen LogP contribution in [-0.4, -0.2) is 4.92 Å². The Balaban J connectivity index is 3.38. The van der Waals surface area contributed by atoms with Crippen LogP contribution in [0.3, 0.4) is 0 Å². The molecule has 0 aliphatic heterocycles. The van der Waals surface area contributed by atoms with E-state index < -0.39 is 0 Å². The summed E-state index contributed by atoms with van der Waals surface area (Å²) < 4.78 is 1.61. The Kier molecular flexibility index (Phi) is 4.11. The summed E-state index contributed by atoms with van der Waals surface area (Å²) in [7, 11) is 0. The smallest absolute Gasteiger partial charge is 0.258 e. The van der Waals surface area contributed by atoms with Crippen LogP contribution in [0.1, 0.15) is 5.56 Å². The Morgan fingerprint density at radius 1 is 1.54 bits per heavy atom. The van der Waals surface area contributed by atoms with Crippen molar-refractivity contribution in [3.05, 3.63) is 35.9 Å². The lowest BCUT2D eigenvalue weighted by atomic mass is 10.2. The zero-order chi connectivity index (χ0) is 10.0. The van der Waals surface area contributed by atoms with E-state index in [4.69, 9.17) is 0 Å². The van der Waals surface area contributed by atoms with Crippen LogP contribution in [0.4, 0.5) is 5.69 Å². The first-order valence-corrected chi connectivity index (χ1v) is 6.24. The lowest BCUT2D eigenvalue weighted by molar-refractivity contribution is -0.385. The standard InChI is InChI=1S/C7H4Br2INO2/c8-3-5-6(10)1-4(9)2-7(5)11(12)13/h1-2H,3H2. The van der Waals surface area contributed by atoms with E-state index in [1.807, 2.05) is 6.07 Å². The van der Waals surface area contributed by atoms with Crippen molar-refractivity contribution in [2.45, 2.75) is 5.33 Å². The van der Waals surface area contributed by atoms with Gasteiger partial charge < -0.3 is 0 Å². The molecule has 0 spiro atoms. The fraction of sp³-hybridized carbons (Fsp3) is 0.143. The van der Waals surface area contributed by atoms with E-state index in [1.54, 1.807) is 0 Å². The van der Waals surface area contributed by atoms with Crippen molar-refractivity contribution in [1.29, 1.82) is 0 Å². The first kappa shape index (κ1) is 11.4. The monoisotopic (exact) mass is 419 g/mol. The second kappa shape index (κ2) is 4.70. The summed E-state index contributed by atoms with van der Waals surface area (Å²) in [6.45, 7) is 0. The molecule has 0 fully saturated rings. The minimum Gasteiger partial charge on any atom is -0.258 e. The third-order valence-electron chi connectivity index (χ3n) is 1.47. The second-order valence-electron chi connectivity index (χ2n) is 2.28. The van der Waals surface area contributed by atoms with Crippen molar-refractivity contribution in [2.24, 2.45) is 0 Å². The Bertz CT molecular complexity index is 357. The van der Waals surface area contributed by atoms with Gasteiger partial charge in [-0.15, -0.1) is 0 Å². The van der Waals surface area contributed by atoms with Crippen LogP contribution in [0.2, 0.25) is 0 Å². The molecular formula is C7H4Br2INO2. The number of rotatable bonds is 2. The predicted molar refractivity (Wildman–Crippen MR) is 66.1 cm³/mol. The van der Waals surface area contributed by atoms with Gasteiger partial charge in [-0.2, -0.15) is 0 Å². The third kappa shape index (κ3) is 2.63. The Morgan fingerprint density at radius 2 is 2.15 bits per heavy atom. The molecule has 0 aliphatic rings. The second-order valence-corrected chi connectivity index (χ2v) is 4.91. The number of nitro groups is 1. The van der Waals surface area contributed by atoms with Gasteiger partial charge in [0.25, 0.3) is 5.69 Å². The van der Waals surface area contributed by atoms with E-state index in [9.17, 15) is 10.1 Å². The minimum atomic E-state index is -0.372. The molecule has 0 aliphatic carbocycles. The number of nitrogens with zero attached hydrogens (tertiary/aromatic N) is 1. The summed E-state index contributed by atoms with van der Waals surface area (Å²) in [5.41, 5.74) is 0.865. The molecule has 0 saturated carbocycles. The van der Waals surface area contributed by atoms with Crippen LogP contribution in [0.25, 0.3) is 0 Å². The highest BCUT2D eigenvalue weighted by atomic mass is 127. The van der Waals surface area contributed by atoms with Crippen molar-refractivity contribution in [3.63, 3.8) is 0 Å². The van der Waals surface area contributed by atoms with Crippen molar-refractivity contribution >= 4 is 60.1 Å². The normalized spacial score (nSPS) is 10.1. The molecule has 70 valence electrons. The molecular weight excluding hydrogens is 417 g/mol. The maximum atomic E-state index is 10.6. The van der Waals surface area contributed by atoms with E-state index in [0.29, 0.717) is 10.9 Å². The van der Waals surface area contributed by atoms with Gasteiger partial charge in [0.05, 0.1) is 10.5 Å². The molecule has 0 amide bonds. The number of hydrogen-bond donors (Lipinski definition) is 0. The molecule has 6 heteroatoms. The number of halogens is 3. The van der Waals surface area contributed by atoms with E-state index >= 15 is 0 Å². The van der Waals surface area contributed by atoms with E-state index in [0.717, 1.165) is 8.04 Å². The van der Waals surface area contributed by atoms with Gasteiger partial charge in [-0.1, -0.05) is 31.9 Å². The summed E-state index contributed by atoms with van der Waals surface area (Å²) in [6, 6.07) is 3.36. The Labute approximate surface area is 105 Å². The molecule has 1 aromatic rings. The van der Waals surface area contributed by atoms with Crippen molar-refractivity contribution in [3.8, 4) is 0 Å². The molecule has 0 bridgehead atoms. The lowest BCUT2D eigenvalue weighted by Gasteiger charge is -2.02. The van der Waals surface area contributed by atoms with Gasteiger partial charge in [0.1, 0.15) is 0 Å². The SMILES string of the molecule is O=[N+]([O-])c1cc(Br)cc(I)c1CBr. The maximum absolute atomic E-state index is 10.6. The number of hydrogen-bond acceptors (Lipinski definition) is 2. The molecule has 0 radical (unpaired) electrons. The van der Waals surface area contributed by atoms with Crippen LogP contribution in [-0.2, 0) is 5.33 Å². The first-order chi connectivity index (χ1) is 6.06. The molecule has 0 unspecified atom stereocenters. The lowest BCUT2D eigenvalue weighted by Crippen LogP contribution is -1.96. The maximum Gasteiger partial charge on any atom is 0.275 e. The predicted octanol–water partition coefficient (Wildman–Crippen LogP) is 3.86. The van der Waals surface area contributed by atoms with Gasteiger partial charge in [-0.3, -0.25) is 10.1 Å². The van der Waals surface area contributed by atoms with Crippen LogP contribution in [0.5, 0.6) is 0 Å².